The SMILES string of the molecule is CC(C)(C)C(O)C(CC=Cc1ccccc1F)n1cncn1. The van der Waals surface area contributed by atoms with Gasteiger partial charge in [0.2, 0.25) is 0 Å². The van der Waals surface area contributed by atoms with E-state index < -0.39 is 6.10 Å². The van der Waals surface area contributed by atoms with Crippen molar-refractivity contribution < 1.29 is 9.50 Å². The van der Waals surface area contributed by atoms with Gasteiger partial charge in [-0.1, -0.05) is 51.1 Å². The van der Waals surface area contributed by atoms with Crippen molar-refractivity contribution in [1.82, 2.24) is 14.8 Å². The molecule has 1 aromatic heterocycles. The molecule has 5 heteroatoms. The smallest absolute Gasteiger partial charge is 0.137 e. The van der Waals surface area contributed by atoms with Crippen LogP contribution in [0.2, 0.25) is 0 Å². The Morgan fingerprint density at radius 3 is 2.64 bits per heavy atom. The number of nitrogens with zero attached hydrogens (tertiary/aromatic N) is 3. The Labute approximate surface area is 130 Å². The molecule has 22 heavy (non-hydrogen) atoms. The summed E-state index contributed by atoms with van der Waals surface area (Å²) in [5, 5.41) is 14.7. The lowest BCUT2D eigenvalue weighted by molar-refractivity contribution is 0.0134. The van der Waals surface area contributed by atoms with E-state index in [1.165, 1.54) is 12.4 Å². The quantitative estimate of drug-likeness (QED) is 0.920. The number of aliphatic hydroxyl groups is 1. The van der Waals surface area contributed by atoms with E-state index in [1.54, 1.807) is 35.3 Å². The van der Waals surface area contributed by atoms with E-state index in [9.17, 15) is 9.50 Å². The number of rotatable bonds is 5. The Morgan fingerprint density at radius 2 is 2.05 bits per heavy atom. The number of aliphatic hydroxyl groups excluding tert-OH is 1. The first-order chi connectivity index (χ1) is 10.4. The molecule has 0 bridgehead atoms. The maximum absolute atomic E-state index is 13.6. The van der Waals surface area contributed by atoms with Gasteiger partial charge >= 0.3 is 0 Å². The van der Waals surface area contributed by atoms with Gasteiger partial charge in [-0.05, 0) is 17.9 Å². The highest BCUT2D eigenvalue weighted by molar-refractivity contribution is 5.49. The van der Waals surface area contributed by atoms with Crippen LogP contribution in [0.1, 0.15) is 38.8 Å². The molecule has 0 saturated carbocycles. The van der Waals surface area contributed by atoms with Crippen molar-refractivity contribution >= 4 is 6.08 Å². The lowest BCUT2D eigenvalue weighted by Gasteiger charge is -2.32. The maximum Gasteiger partial charge on any atom is 0.137 e. The number of hydrogen-bond acceptors (Lipinski definition) is 3. The van der Waals surface area contributed by atoms with Crippen molar-refractivity contribution in [2.24, 2.45) is 5.41 Å². The molecule has 2 atom stereocenters. The van der Waals surface area contributed by atoms with Crippen molar-refractivity contribution in [2.45, 2.75) is 39.3 Å². The topological polar surface area (TPSA) is 50.9 Å². The van der Waals surface area contributed by atoms with Crippen LogP contribution in [0.4, 0.5) is 4.39 Å². The van der Waals surface area contributed by atoms with Crippen molar-refractivity contribution in [3.05, 3.63) is 54.4 Å². The molecular weight excluding hydrogens is 281 g/mol. The normalized spacial score (nSPS) is 15.1. The van der Waals surface area contributed by atoms with E-state index in [0.717, 1.165) is 0 Å². The molecular formula is C17H22FN3O. The molecule has 0 fully saturated rings. The molecule has 0 aliphatic heterocycles. The van der Waals surface area contributed by atoms with E-state index in [-0.39, 0.29) is 17.3 Å². The molecule has 2 rings (SSSR count). The van der Waals surface area contributed by atoms with Gasteiger partial charge < -0.3 is 5.11 Å². The van der Waals surface area contributed by atoms with Gasteiger partial charge in [-0.3, -0.25) is 0 Å². The molecule has 0 saturated heterocycles. The Hall–Kier alpha value is -2.01. The molecule has 0 amide bonds. The molecule has 1 aromatic carbocycles. The van der Waals surface area contributed by atoms with Gasteiger partial charge in [-0.15, -0.1) is 0 Å². The fourth-order valence-corrected chi connectivity index (χ4v) is 2.29. The molecule has 1 N–H and O–H groups in total. The largest absolute Gasteiger partial charge is 0.390 e. The van der Waals surface area contributed by atoms with Gasteiger partial charge in [0.15, 0.2) is 0 Å². The molecule has 0 aliphatic rings. The number of benzene rings is 1. The summed E-state index contributed by atoms with van der Waals surface area (Å²) in [7, 11) is 0. The monoisotopic (exact) mass is 303 g/mol. The van der Waals surface area contributed by atoms with Gasteiger partial charge in [-0.2, -0.15) is 5.10 Å². The summed E-state index contributed by atoms with van der Waals surface area (Å²) in [6.45, 7) is 5.92. The fraction of sp³-hybridized carbons (Fsp3) is 0.412. The van der Waals surface area contributed by atoms with Crippen LogP contribution in [0.25, 0.3) is 6.08 Å². The number of halogens is 1. The molecule has 118 valence electrons. The third-order valence-corrected chi connectivity index (χ3v) is 3.61. The molecule has 4 nitrogen and oxygen atoms in total. The van der Waals surface area contributed by atoms with Crippen LogP contribution in [0.5, 0.6) is 0 Å². The predicted octanol–water partition coefficient (Wildman–Crippen LogP) is 3.47. The molecule has 1 heterocycles. The van der Waals surface area contributed by atoms with Crippen LogP contribution in [-0.4, -0.2) is 26.0 Å². The molecule has 2 aromatic rings. The summed E-state index contributed by atoms with van der Waals surface area (Å²) in [4.78, 5) is 3.94. The van der Waals surface area contributed by atoms with Crippen molar-refractivity contribution in [3.63, 3.8) is 0 Å². The first kappa shape index (κ1) is 16.4. The van der Waals surface area contributed by atoms with Crippen LogP contribution in [0.15, 0.2) is 43.0 Å². The van der Waals surface area contributed by atoms with Crippen molar-refractivity contribution in [2.75, 3.05) is 0 Å². The summed E-state index contributed by atoms with van der Waals surface area (Å²) in [5.41, 5.74) is 0.243. The predicted molar refractivity (Wildman–Crippen MR) is 84.6 cm³/mol. The van der Waals surface area contributed by atoms with Gasteiger partial charge in [0, 0.05) is 5.56 Å². The van der Waals surface area contributed by atoms with Crippen LogP contribution >= 0.6 is 0 Å². The number of hydrogen-bond donors (Lipinski definition) is 1. The third-order valence-electron chi connectivity index (χ3n) is 3.61. The number of allylic oxidation sites excluding steroid dienone is 1. The highest BCUT2D eigenvalue weighted by atomic mass is 19.1. The van der Waals surface area contributed by atoms with Crippen LogP contribution < -0.4 is 0 Å². The molecule has 0 radical (unpaired) electrons. The zero-order chi connectivity index (χ0) is 16.2. The maximum atomic E-state index is 13.6. The first-order valence-electron chi connectivity index (χ1n) is 7.33. The Kier molecular flexibility index (Phi) is 5.08. The van der Waals surface area contributed by atoms with Crippen LogP contribution in [-0.2, 0) is 0 Å². The molecule has 0 spiro atoms. The van der Waals surface area contributed by atoms with E-state index in [0.29, 0.717) is 12.0 Å². The first-order valence-corrected chi connectivity index (χ1v) is 7.33. The average molecular weight is 303 g/mol. The van der Waals surface area contributed by atoms with Gasteiger partial charge in [-0.25, -0.2) is 14.1 Å². The van der Waals surface area contributed by atoms with Crippen LogP contribution in [0, 0.1) is 11.2 Å². The summed E-state index contributed by atoms with van der Waals surface area (Å²) in [6.07, 6.45) is 6.57. The summed E-state index contributed by atoms with van der Waals surface area (Å²) in [6, 6.07) is 6.36. The van der Waals surface area contributed by atoms with Crippen molar-refractivity contribution in [3.8, 4) is 0 Å². The van der Waals surface area contributed by atoms with Gasteiger partial charge in [0.05, 0.1) is 12.1 Å². The van der Waals surface area contributed by atoms with E-state index >= 15 is 0 Å². The van der Waals surface area contributed by atoms with Crippen molar-refractivity contribution in [1.29, 1.82) is 0 Å². The van der Waals surface area contributed by atoms with E-state index in [4.69, 9.17) is 0 Å². The lowest BCUT2D eigenvalue weighted by atomic mass is 9.83. The zero-order valence-electron chi connectivity index (χ0n) is 13.1. The minimum atomic E-state index is -0.598. The average Bonchev–Trinajstić information content (AvgIpc) is 2.97. The second-order valence-corrected chi connectivity index (χ2v) is 6.41. The zero-order valence-corrected chi connectivity index (χ0v) is 13.1. The van der Waals surface area contributed by atoms with Gasteiger partial charge in [0.1, 0.15) is 18.5 Å². The minimum absolute atomic E-state index is 0.245. The molecule has 0 aliphatic carbocycles. The highest BCUT2D eigenvalue weighted by Crippen LogP contribution is 2.30. The lowest BCUT2D eigenvalue weighted by Crippen LogP contribution is -2.35. The molecule has 2 unspecified atom stereocenters. The second-order valence-electron chi connectivity index (χ2n) is 6.41. The van der Waals surface area contributed by atoms with E-state index in [1.807, 2.05) is 26.8 Å². The third kappa shape index (κ3) is 4.01. The standard InChI is InChI=1S/C17H22FN3O/c1-17(2,3)16(22)15(21-12-19-11-20-21)10-6-8-13-7-4-5-9-14(13)18/h4-9,11-12,15-16,22H,10H2,1-3H3. The van der Waals surface area contributed by atoms with E-state index in [2.05, 4.69) is 10.1 Å². The second kappa shape index (κ2) is 6.83. The fourth-order valence-electron chi connectivity index (χ4n) is 2.29. The van der Waals surface area contributed by atoms with Crippen LogP contribution in [0.3, 0.4) is 0 Å². The Morgan fingerprint density at radius 1 is 1.32 bits per heavy atom. The summed E-state index contributed by atoms with van der Waals surface area (Å²) < 4.78 is 15.3. The highest BCUT2D eigenvalue weighted by Gasteiger charge is 2.31. The minimum Gasteiger partial charge on any atom is -0.390 e. The Bertz CT molecular complexity index is 617. The Balaban J connectivity index is 2.16. The van der Waals surface area contributed by atoms with Gasteiger partial charge in [0.25, 0.3) is 0 Å². The summed E-state index contributed by atoms with van der Waals surface area (Å²) >= 11 is 0. The summed E-state index contributed by atoms with van der Waals surface area (Å²) in [5.74, 6) is -0.257. The number of aromatic nitrogens is 3.